The Labute approximate surface area is 171 Å². The molecular formula is C28H34. The highest BCUT2D eigenvalue weighted by Gasteiger charge is 2.08. The summed E-state index contributed by atoms with van der Waals surface area (Å²) >= 11 is 0. The normalized spacial score (nSPS) is 11.2. The SMILES string of the molecule is C#Cc1c2ccc(CCCCCC)cc2cc2ccc(CCCCCC)cc12. The molecule has 0 atom stereocenters. The lowest BCUT2D eigenvalue weighted by Gasteiger charge is -2.11. The number of hydrogen-bond donors (Lipinski definition) is 0. The molecule has 0 amide bonds. The van der Waals surface area contributed by atoms with E-state index in [9.17, 15) is 0 Å². The van der Waals surface area contributed by atoms with Gasteiger partial charge in [0, 0.05) is 5.56 Å². The Hall–Kier alpha value is -2.26. The summed E-state index contributed by atoms with van der Waals surface area (Å²) < 4.78 is 0. The zero-order valence-corrected chi connectivity index (χ0v) is 17.7. The van der Waals surface area contributed by atoms with E-state index in [2.05, 4.69) is 62.2 Å². The summed E-state index contributed by atoms with van der Waals surface area (Å²) in [7, 11) is 0. The van der Waals surface area contributed by atoms with E-state index < -0.39 is 0 Å². The van der Waals surface area contributed by atoms with E-state index >= 15 is 0 Å². The molecule has 0 saturated heterocycles. The van der Waals surface area contributed by atoms with Crippen LogP contribution in [-0.2, 0) is 12.8 Å². The van der Waals surface area contributed by atoms with Crippen molar-refractivity contribution in [2.45, 2.75) is 78.1 Å². The Morgan fingerprint density at radius 3 is 1.93 bits per heavy atom. The van der Waals surface area contributed by atoms with Crippen LogP contribution in [0.15, 0.2) is 42.5 Å². The summed E-state index contributed by atoms with van der Waals surface area (Å²) in [5.41, 5.74) is 3.89. The van der Waals surface area contributed by atoms with Crippen LogP contribution >= 0.6 is 0 Å². The van der Waals surface area contributed by atoms with Crippen molar-refractivity contribution >= 4 is 21.5 Å². The minimum absolute atomic E-state index is 1.06. The topological polar surface area (TPSA) is 0 Å². The van der Waals surface area contributed by atoms with Gasteiger partial charge in [-0.15, -0.1) is 6.42 Å². The van der Waals surface area contributed by atoms with Crippen LogP contribution in [0.1, 0.15) is 81.9 Å². The quantitative estimate of drug-likeness (QED) is 0.191. The van der Waals surface area contributed by atoms with Gasteiger partial charge in [0.2, 0.25) is 0 Å². The molecule has 0 radical (unpaired) electrons. The van der Waals surface area contributed by atoms with E-state index in [4.69, 9.17) is 6.42 Å². The standard InChI is InChI=1S/C28H34/c1-4-7-9-11-13-22-16-18-27-25(19-22)21-24-17-15-23(14-12-10-8-5-2)20-28(24)26(27)6-3/h3,15-21H,4-5,7-14H2,1-2H3. The Kier molecular flexibility index (Phi) is 7.55. The van der Waals surface area contributed by atoms with E-state index in [-0.39, 0.29) is 0 Å². The van der Waals surface area contributed by atoms with Gasteiger partial charge in [0.1, 0.15) is 0 Å². The molecule has 0 aliphatic carbocycles. The van der Waals surface area contributed by atoms with Gasteiger partial charge in [0.25, 0.3) is 0 Å². The Balaban J connectivity index is 1.89. The van der Waals surface area contributed by atoms with E-state index in [1.165, 1.54) is 84.0 Å². The van der Waals surface area contributed by atoms with Crippen LogP contribution in [0.2, 0.25) is 0 Å². The van der Waals surface area contributed by atoms with Crippen molar-refractivity contribution in [2.75, 3.05) is 0 Å². The van der Waals surface area contributed by atoms with Crippen molar-refractivity contribution < 1.29 is 0 Å². The summed E-state index contributed by atoms with van der Waals surface area (Å²) in [5.74, 6) is 3.00. The fraction of sp³-hybridized carbons (Fsp3) is 0.429. The summed E-state index contributed by atoms with van der Waals surface area (Å²) in [6.07, 6.45) is 18.7. The van der Waals surface area contributed by atoms with Gasteiger partial charge < -0.3 is 0 Å². The van der Waals surface area contributed by atoms with E-state index in [1.54, 1.807) is 0 Å². The molecule has 0 saturated carbocycles. The number of rotatable bonds is 10. The Morgan fingerprint density at radius 1 is 0.643 bits per heavy atom. The lowest BCUT2D eigenvalue weighted by Crippen LogP contribution is -1.91. The van der Waals surface area contributed by atoms with Gasteiger partial charge in [0.15, 0.2) is 0 Å². The summed E-state index contributed by atoms with van der Waals surface area (Å²) in [6.45, 7) is 4.52. The first kappa shape index (κ1) is 20.5. The van der Waals surface area contributed by atoms with Gasteiger partial charge >= 0.3 is 0 Å². The second-order valence-electron chi connectivity index (χ2n) is 8.13. The monoisotopic (exact) mass is 370 g/mol. The Morgan fingerprint density at radius 2 is 1.29 bits per heavy atom. The highest BCUT2D eigenvalue weighted by atomic mass is 14.1. The highest BCUT2D eigenvalue weighted by molar-refractivity contribution is 6.05. The van der Waals surface area contributed by atoms with Crippen molar-refractivity contribution in [3.05, 3.63) is 59.2 Å². The van der Waals surface area contributed by atoms with Crippen LogP contribution in [0.4, 0.5) is 0 Å². The number of benzene rings is 3. The first-order chi connectivity index (χ1) is 13.8. The van der Waals surface area contributed by atoms with Gasteiger partial charge in [-0.2, -0.15) is 0 Å². The molecule has 0 fully saturated rings. The second-order valence-corrected chi connectivity index (χ2v) is 8.13. The van der Waals surface area contributed by atoms with Crippen LogP contribution in [0.3, 0.4) is 0 Å². The van der Waals surface area contributed by atoms with Gasteiger partial charge in [0.05, 0.1) is 0 Å². The van der Waals surface area contributed by atoms with Gasteiger partial charge in [-0.25, -0.2) is 0 Å². The molecule has 0 aliphatic heterocycles. The minimum atomic E-state index is 1.06. The van der Waals surface area contributed by atoms with Crippen molar-refractivity contribution in [1.82, 2.24) is 0 Å². The van der Waals surface area contributed by atoms with Crippen LogP contribution in [0, 0.1) is 12.3 Å². The molecular weight excluding hydrogens is 336 g/mol. The summed E-state index contributed by atoms with van der Waals surface area (Å²) in [5, 5.41) is 5.00. The predicted octanol–water partition coefficient (Wildman–Crippen LogP) is 8.22. The molecule has 0 unspecified atom stereocenters. The number of aryl methyl sites for hydroxylation is 2. The van der Waals surface area contributed by atoms with Crippen molar-refractivity contribution in [3.8, 4) is 12.3 Å². The number of terminal acetylenes is 1. The third-order valence-electron chi connectivity index (χ3n) is 5.87. The predicted molar refractivity (Wildman–Crippen MR) is 125 cm³/mol. The maximum Gasteiger partial charge on any atom is 0.0399 e. The van der Waals surface area contributed by atoms with Crippen molar-refractivity contribution in [3.63, 3.8) is 0 Å². The first-order valence-electron chi connectivity index (χ1n) is 11.2. The average Bonchev–Trinajstić information content (AvgIpc) is 2.72. The molecule has 3 aromatic carbocycles. The van der Waals surface area contributed by atoms with Crippen molar-refractivity contribution in [2.24, 2.45) is 0 Å². The fourth-order valence-corrected chi connectivity index (χ4v) is 4.20. The molecule has 0 bridgehead atoms. The molecule has 146 valence electrons. The van der Waals surface area contributed by atoms with Gasteiger partial charge in [-0.05, 0) is 70.5 Å². The third-order valence-corrected chi connectivity index (χ3v) is 5.87. The van der Waals surface area contributed by atoms with E-state index in [0.29, 0.717) is 0 Å². The molecule has 0 spiro atoms. The molecule has 0 heterocycles. The minimum Gasteiger partial charge on any atom is -0.115 e. The molecule has 0 aliphatic rings. The lowest BCUT2D eigenvalue weighted by atomic mass is 9.93. The zero-order valence-electron chi connectivity index (χ0n) is 17.7. The largest absolute Gasteiger partial charge is 0.115 e. The third kappa shape index (κ3) is 4.96. The first-order valence-corrected chi connectivity index (χ1v) is 11.2. The van der Waals surface area contributed by atoms with Crippen molar-refractivity contribution in [1.29, 1.82) is 0 Å². The molecule has 3 rings (SSSR count). The number of fused-ring (bicyclic) bond motifs is 2. The Bertz CT molecular complexity index is 955. The summed E-state index contributed by atoms with van der Waals surface area (Å²) in [4.78, 5) is 0. The molecule has 0 nitrogen and oxygen atoms in total. The summed E-state index contributed by atoms with van der Waals surface area (Å²) in [6, 6.07) is 16.1. The maximum atomic E-state index is 5.97. The molecule has 0 heteroatoms. The number of unbranched alkanes of at least 4 members (excludes halogenated alkanes) is 6. The highest BCUT2D eigenvalue weighted by Crippen LogP contribution is 2.30. The zero-order chi connectivity index (χ0) is 19.8. The van der Waals surface area contributed by atoms with Gasteiger partial charge in [-0.1, -0.05) is 88.6 Å². The fourth-order valence-electron chi connectivity index (χ4n) is 4.20. The van der Waals surface area contributed by atoms with E-state index in [1.807, 2.05) is 0 Å². The van der Waals surface area contributed by atoms with Gasteiger partial charge in [-0.3, -0.25) is 0 Å². The smallest absolute Gasteiger partial charge is 0.0399 e. The molecule has 28 heavy (non-hydrogen) atoms. The number of hydrogen-bond acceptors (Lipinski definition) is 0. The van der Waals surface area contributed by atoms with Crippen LogP contribution in [0.5, 0.6) is 0 Å². The average molecular weight is 371 g/mol. The second kappa shape index (κ2) is 10.3. The van der Waals surface area contributed by atoms with Crippen LogP contribution in [0.25, 0.3) is 21.5 Å². The lowest BCUT2D eigenvalue weighted by molar-refractivity contribution is 0.667. The van der Waals surface area contributed by atoms with E-state index in [0.717, 1.165) is 18.4 Å². The van der Waals surface area contributed by atoms with Crippen LogP contribution in [-0.4, -0.2) is 0 Å². The maximum absolute atomic E-state index is 5.97. The molecule has 0 N–H and O–H groups in total. The molecule has 0 aromatic heterocycles. The van der Waals surface area contributed by atoms with Crippen LogP contribution < -0.4 is 0 Å². The molecule has 3 aromatic rings.